The van der Waals surface area contributed by atoms with Crippen molar-refractivity contribution in [3.63, 3.8) is 0 Å². The molecule has 1 aliphatic heterocycles. The van der Waals surface area contributed by atoms with E-state index in [0.717, 1.165) is 43.3 Å². The molecule has 0 aromatic heterocycles. The minimum Gasteiger partial charge on any atom is -0.445 e. The first-order chi connectivity index (χ1) is 9.31. The van der Waals surface area contributed by atoms with Crippen LogP contribution in [-0.4, -0.2) is 25.2 Å². The molecule has 1 aliphatic carbocycles. The molecule has 2 aliphatic rings. The summed E-state index contributed by atoms with van der Waals surface area (Å²) < 4.78 is 5.25. The van der Waals surface area contributed by atoms with Gasteiger partial charge in [-0.15, -0.1) is 0 Å². The van der Waals surface area contributed by atoms with Crippen LogP contribution in [0.1, 0.15) is 18.4 Å². The van der Waals surface area contributed by atoms with Gasteiger partial charge in [0.05, 0.1) is 0 Å². The largest absolute Gasteiger partial charge is 0.445 e. The number of rotatable bonds is 3. The molecule has 1 unspecified atom stereocenters. The van der Waals surface area contributed by atoms with E-state index in [0.29, 0.717) is 12.6 Å². The van der Waals surface area contributed by atoms with E-state index in [-0.39, 0.29) is 6.09 Å². The average Bonchev–Trinajstić information content (AvgIpc) is 2.98. The van der Waals surface area contributed by atoms with Crippen LogP contribution in [0.25, 0.3) is 0 Å². The van der Waals surface area contributed by atoms with E-state index in [2.05, 4.69) is 10.6 Å². The van der Waals surface area contributed by atoms with Crippen molar-refractivity contribution in [2.75, 3.05) is 13.1 Å². The first-order valence-electron chi connectivity index (χ1n) is 6.99. The molecular formula is C15H20N2O2. The molecule has 4 heteroatoms. The predicted molar refractivity (Wildman–Crippen MR) is 72.6 cm³/mol. The van der Waals surface area contributed by atoms with Crippen molar-refractivity contribution < 1.29 is 9.53 Å². The minimum atomic E-state index is -0.290. The molecule has 1 amide bonds. The van der Waals surface area contributed by atoms with Gasteiger partial charge in [-0.2, -0.15) is 0 Å². The monoisotopic (exact) mass is 260 g/mol. The molecule has 2 N–H and O–H groups in total. The van der Waals surface area contributed by atoms with Crippen molar-refractivity contribution >= 4 is 6.09 Å². The van der Waals surface area contributed by atoms with Gasteiger partial charge in [0.1, 0.15) is 6.61 Å². The Bertz CT molecular complexity index is 423. The Morgan fingerprint density at radius 1 is 1.21 bits per heavy atom. The van der Waals surface area contributed by atoms with Gasteiger partial charge < -0.3 is 15.4 Å². The molecule has 1 saturated carbocycles. The Balaban J connectivity index is 1.42. The summed E-state index contributed by atoms with van der Waals surface area (Å²) in [7, 11) is 0. The Morgan fingerprint density at radius 3 is 2.58 bits per heavy atom. The van der Waals surface area contributed by atoms with E-state index in [4.69, 9.17) is 4.74 Å². The quantitative estimate of drug-likeness (QED) is 0.873. The van der Waals surface area contributed by atoms with Crippen LogP contribution in [0.5, 0.6) is 0 Å². The number of carbonyl (C=O) groups is 1. The Kier molecular flexibility index (Phi) is 3.69. The molecular weight excluding hydrogens is 240 g/mol. The van der Waals surface area contributed by atoms with Gasteiger partial charge in [-0.3, -0.25) is 0 Å². The first kappa shape index (κ1) is 12.5. The molecule has 2 fully saturated rings. The highest BCUT2D eigenvalue weighted by Crippen LogP contribution is 2.34. The van der Waals surface area contributed by atoms with Gasteiger partial charge in [0.25, 0.3) is 0 Å². The van der Waals surface area contributed by atoms with Crippen molar-refractivity contribution in [2.24, 2.45) is 11.8 Å². The smallest absolute Gasteiger partial charge is 0.407 e. The zero-order chi connectivity index (χ0) is 13.1. The van der Waals surface area contributed by atoms with Crippen LogP contribution in [0.15, 0.2) is 30.3 Å². The van der Waals surface area contributed by atoms with Crippen LogP contribution >= 0.6 is 0 Å². The van der Waals surface area contributed by atoms with Crippen LogP contribution in [0.3, 0.4) is 0 Å². The van der Waals surface area contributed by atoms with Crippen molar-refractivity contribution in [3.05, 3.63) is 35.9 Å². The third-order valence-corrected chi connectivity index (χ3v) is 4.19. The molecule has 1 heterocycles. The molecule has 0 radical (unpaired) electrons. The molecule has 102 valence electrons. The zero-order valence-corrected chi connectivity index (χ0v) is 11.0. The second-order valence-corrected chi connectivity index (χ2v) is 5.55. The van der Waals surface area contributed by atoms with Gasteiger partial charge in [-0.25, -0.2) is 4.79 Å². The second kappa shape index (κ2) is 5.61. The van der Waals surface area contributed by atoms with E-state index < -0.39 is 0 Å². The van der Waals surface area contributed by atoms with Gasteiger partial charge in [-0.05, 0) is 43.3 Å². The number of amides is 1. The summed E-state index contributed by atoms with van der Waals surface area (Å²) >= 11 is 0. The van der Waals surface area contributed by atoms with Crippen molar-refractivity contribution in [1.29, 1.82) is 0 Å². The molecule has 0 bridgehead atoms. The highest BCUT2D eigenvalue weighted by molar-refractivity contribution is 5.67. The zero-order valence-electron chi connectivity index (χ0n) is 11.0. The molecule has 0 spiro atoms. The summed E-state index contributed by atoms with van der Waals surface area (Å²) in [4.78, 5) is 11.7. The van der Waals surface area contributed by atoms with Crippen molar-refractivity contribution in [2.45, 2.75) is 25.5 Å². The molecule has 19 heavy (non-hydrogen) atoms. The van der Waals surface area contributed by atoms with Gasteiger partial charge in [-0.1, -0.05) is 30.3 Å². The molecule has 1 saturated heterocycles. The normalized spacial score (nSPS) is 28.9. The minimum absolute atomic E-state index is 0.290. The van der Waals surface area contributed by atoms with E-state index in [1.54, 1.807) is 0 Å². The number of fused-ring (bicyclic) bond motifs is 1. The number of ether oxygens (including phenoxy) is 1. The van der Waals surface area contributed by atoms with Crippen LogP contribution in [0.2, 0.25) is 0 Å². The Hall–Kier alpha value is -1.55. The first-order valence-corrected chi connectivity index (χ1v) is 6.99. The third kappa shape index (κ3) is 3.07. The lowest BCUT2D eigenvalue weighted by molar-refractivity contribution is 0.135. The van der Waals surface area contributed by atoms with Crippen molar-refractivity contribution in [3.8, 4) is 0 Å². The summed E-state index contributed by atoms with van der Waals surface area (Å²) in [6.45, 7) is 2.54. The fourth-order valence-electron chi connectivity index (χ4n) is 3.22. The summed E-state index contributed by atoms with van der Waals surface area (Å²) in [6, 6.07) is 10.1. The highest BCUT2D eigenvalue weighted by atomic mass is 16.5. The van der Waals surface area contributed by atoms with Crippen LogP contribution in [-0.2, 0) is 11.3 Å². The van der Waals surface area contributed by atoms with E-state index in [1.165, 1.54) is 0 Å². The average molecular weight is 260 g/mol. The van der Waals surface area contributed by atoms with Gasteiger partial charge >= 0.3 is 6.09 Å². The highest BCUT2D eigenvalue weighted by Gasteiger charge is 2.37. The lowest BCUT2D eigenvalue weighted by atomic mass is 10.0. The number of benzene rings is 1. The lowest BCUT2D eigenvalue weighted by Gasteiger charge is -2.14. The molecule has 3 rings (SSSR count). The topological polar surface area (TPSA) is 50.4 Å². The van der Waals surface area contributed by atoms with Gasteiger partial charge in [0, 0.05) is 6.04 Å². The lowest BCUT2D eigenvalue weighted by Crippen LogP contribution is -2.34. The summed E-state index contributed by atoms with van der Waals surface area (Å²) in [5, 5.41) is 6.39. The number of alkyl carbamates (subject to hydrolysis) is 1. The van der Waals surface area contributed by atoms with E-state index in [1.807, 2.05) is 30.3 Å². The third-order valence-electron chi connectivity index (χ3n) is 4.19. The van der Waals surface area contributed by atoms with Gasteiger partial charge in [0.2, 0.25) is 0 Å². The standard InChI is InChI=1S/C15H20N2O2/c18-15(19-10-11-4-2-1-3-5-11)17-14-6-12-8-16-9-13(12)7-14/h1-5,12-14,16H,6-10H2,(H,17,18)/t12-,13+,14?. The van der Waals surface area contributed by atoms with Crippen LogP contribution < -0.4 is 10.6 Å². The summed E-state index contributed by atoms with van der Waals surface area (Å²) in [5.41, 5.74) is 1.02. The van der Waals surface area contributed by atoms with E-state index >= 15 is 0 Å². The molecule has 3 atom stereocenters. The maximum absolute atomic E-state index is 11.7. The van der Waals surface area contributed by atoms with Crippen molar-refractivity contribution in [1.82, 2.24) is 10.6 Å². The molecule has 1 aromatic carbocycles. The molecule has 1 aromatic rings. The summed E-state index contributed by atoms with van der Waals surface area (Å²) in [6.07, 6.45) is 1.87. The maximum Gasteiger partial charge on any atom is 0.407 e. The Morgan fingerprint density at radius 2 is 1.89 bits per heavy atom. The fraction of sp³-hybridized carbons (Fsp3) is 0.533. The van der Waals surface area contributed by atoms with Crippen LogP contribution in [0.4, 0.5) is 4.79 Å². The maximum atomic E-state index is 11.7. The Labute approximate surface area is 113 Å². The SMILES string of the molecule is O=C(NC1C[C@H]2CNC[C@H]2C1)OCc1ccccc1. The fourth-order valence-corrected chi connectivity index (χ4v) is 3.22. The number of nitrogens with one attached hydrogen (secondary N) is 2. The van der Waals surface area contributed by atoms with Gasteiger partial charge in [0.15, 0.2) is 0 Å². The number of hydrogen-bond donors (Lipinski definition) is 2. The second-order valence-electron chi connectivity index (χ2n) is 5.55. The predicted octanol–water partition coefficient (Wildman–Crippen LogP) is 1.91. The molecule has 4 nitrogen and oxygen atoms in total. The number of carbonyl (C=O) groups excluding carboxylic acids is 1. The van der Waals surface area contributed by atoms with Crippen LogP contribution in [0, 0.1) is 11.8 Å². The summed E-state index contributed by atoms with van der Waals surface area (Å²) in [5.74, 6) is 1.47. The van der Waals surface area contributed by atoms with E-state index in [9.17, 15) is 4.79 Å². The number of hydrogen-bond acceptors (Lipinski definition) is 3.